The van der Waals surface area contributed by atoms with Crippen LogP contribution >= 0.6 is 0 Å². The van der Waals surface area contributed by atoms with Crippen molar-refractivity contribution in [2.75, 3.05) is 19.3 Å². The summed E-state index contributed by atoms with van der Waals surface area (Å²) in [7, 11) is -3.20. The van der Waals surface area contributed by atoms with E-state index in [4.69, 9.17) is 0 Å². The van der Waals surface area contributed by atoms with Gasteiger partial charge in [-0.25, -0.2) is 8.42 Å². The maximum Gasteiger partial charge on any atom is 0.250 e. The molecule has 1 aliphatic rings. The van der Waals surface area contributed by atoms with Gasteiger partial charge in [0.25, 0.3) is 5.56 Å². The number of nitrogens with one attached hydrogen (secondary N) is 1. The molecule has 25 heavy (non-hydrogen) atoms. The third-order valence-electron chi connectivity index (χ3n) is 4.63. The van der Waals surface area contributed by atoms with Crippen molar-refractivity contribution in [2.24, 2.45) is 0 Å². The molecule has 2 rings (SSSR count). The Labute approximate surface area is 149 Å². The normalized spacial score (nSPS) is 18.9. The van der Waals surface area contributed by atoms with Crippen molar-refractivity contribution in [2.45, 2.75) is 51.6 Å². The summed E-state index contributed by atoms with van der Waals surface area (Å²) >= 11 is 0. The molecule has 1 amide bonds. The van der Waals surface area contributed by atoms with Gasteiger partial charge in [0.1, 0.15) is 0 Å². The molecule has 2 heterocycles. The third kappa shape index (κ3) is 5.67. The highest BCUT2D eigenvalue weighted by atomic mass is 32.2. The van der Waals surface area contributed by atoms with Crippen LogP contribution in [0, 0.1) is 6.92 Å². The minimum absolute atomic E-state index is 0.0389. The molecule has 7 nitrogen and oxygen atoms in total. The molecule has 1 atom stereocenters. The number of nitrogens with zero attached hydrogens (tertiary/aromatic N) is 2. The van der Waals surface area contributed by atoms with Gasteiger partial charge in [0, 0.05) is 43.9 Å². The van der Waals surface area contributed by atoms with E-state index in [0.29, 0.717) is 26.1 Å². The number of aromatic nitrogens is 1. The molecule has 0 aliphatic carbocycles. The number of pyridine rings is 1. The van der Waals surface area contributed by atoms with Gasteiger partial charge in [0.15, 0.2) is 0 Å². The lowest BCUT2D eigenvalue weighted by Gasteiger charge is -2.33. The first-order valence-corrected chi connectivity index (χ1v) is 10.5. The van der Waals surface area contributed by atoms with Crippen molar-refractivity contribution in [3.63, 3.8) is 0 Å². The quantitative estimate of drug-likeness (QED) is 0.772. The first-order chi connectivity index (χ1) is 11.8. The van der Waals surface area contributed by atoms with Crippen molar-refractivity contribution in [3.05, 3.63) is 34.2 Å². The standard InChI is InChI=1S/C17H27N3O4S/c1-14-6-5-8-17(22)19(14)13-10-16(21)18-11-9-15-7-3-4-12-20(15)25(2,23)24/h5-6,8,15H,3-4,7,9-13H2,1-2H3,(H,18,21)/t15-/m1/s1. The highest BCUT2D eigenvalue weighted by molar-refractivity contribution is 7.88. The maximum atomic E-state index is 12.0. The first kappa shape index (κ1) is 19.7. The summed E-state index contributed by atoms with van der Waals surface area (Å²) < 4.78 is 26.8. The number of carbonyl (C=O) groups is 1. The summed E-state index contributed by atoms with van der Waals surface area (Å²) in [4.78, 5) is 23.8. The van der Waals surface area contributed by atoms with E-state index >= 15 is 0 Å². The van der Waals surface area contributed by atoms with Crippen LogP contribution in [-0.2, 0) is 21.4 Å². The Bertz CT molecular complexity index is 757. The van der Waals surface area contributed by atoms with Crippen LogP contribution in [-0.4, -0.2) is 48.6 Å². The van der Waals surface area contributed by atoms with Crippen molar-refractivity contribution in [1.82, 2.24) is 14.2 Å². The smallest absolute Gasteiger partial charge is 0.250 e. The number of hydrogen-bond donors (Lipinski definition) is 1. The Morgan fingerprint density at radius 3 is 2.76 bits per heavy atom. The van der Waals surface area contributed by atoms with Gasteiger partial charge in [-0.3, -0.25) is 9.59 Å². The fourth-order valence-corrected chi connectivity index (χ4v) is 4.50. The summed E-state index contributed by atoms with van der Waals surface area (Å²) in [5, 5.41) is 2.84. The molecule has 1 saturated heterocycles. The summed E-state index contributed by atoms with van der Waals surface area (Å²) in [6.45, 7) is 3.18. The summed E-state index contributed by atoms with van der Waals surface area (Å²) in [5.74, 6) is -0.128. The monoisotopic (exact) mass is 369 g/mol. The average Bonchev–Trinajstić information content (AvgIpc) is 2.54. The molecule has 0 bridgehead atoms. The van der Waals surface area contributed by atoms with E-state index in [0.717, 1.165) is 25.0 Å². The van der Waals surface area contributed by atoms with Crippen LogP contribution in [0.5, 0.6) is 0 Å². The molecule has 1 aliphatic heterocycles. The molecule has 1 aromatic heterocycles. The number of amides is 1. The topological polar surface area (TPSA) is 88.5 Å². The molecule has 140 valence electrons. The van der Waals surface area contributed by atoms with Crippen molar-refractivity contribution in [1.29, 1.82) is 0 Å². The highest BCUT2D eigenvalue weighted by Crippen LogP contribution is 2.21. The molecule has 1 fully saturated rings. The molecule has 0 radical (unpaired) electrons. The number of piperidine rings is 1. The van der Waals surface area contributed by atoms with Gasteiger partial charge >= 0.3 is 0 Å². The largest absolute Gasteiger partial charge is 0.356 e. The van der Waals surface area contributed by atoms with E-state index in [-0.39, 0.29) is 23.9 Å². The summed E-state index contributed by atoms with van der Waals surface area (Å²) in [5.41, 5.74) is 0.713. The Morgan fingerprint density at radius 1 is 1.32 bits per heavy atom. The second-order valence-electron chi connectivity index (χ2n) is 6.57. The molecule has 0 aromatic carbocycles. The van der Waals surface area contributed by atoms with Crippen LogP contribution in [0.1, 0.15) is 37.8 Å². The molecule has 0 spiro atoms. The molecular formula is C17H27N3O4S. The highest BCUT2D eigenvalue weighted by Gasteiger charge is 2.28. The minimum Gasteiger partial charge on any atom is -0.356 e. The van der Waals surface area contributed by atoms with Gasteiger partial charge in [-0.1, -0.05) is 12.5 Å². The Kier molecular flexibility index (Phi) is 6.78. The molecule has 1 aromatic rings. The lowest BCUT2D eigenvalue weighted by Crippen LogP contribution is -2.44. The van der Waals surface area contributed by atoms with E-state index in [1.54, 1.807) is 14.9 Å². The van der Waals surface area contributed by atoms with Gasteiger partial charge in [-0.05, 0) is 32.3 Å². The van der Waals surface area contributed by atoms with Gasteiger partial charge in [0.2, 0.25) is 15.9 Å². The number of sulfonamides is 1. The van der Waals surface area contributed by atoms with Crippen molar-refractivity contribution < 1.29 is 13.2 Å². The van der Waals surface area contributed by atoms with E-state index in [1.165, 1.54) is 12.3 Å². The minimum atomic E-state index is -3.20. The zero-order chi connectivity index (χ0) is 18.4. The lowest BCUT2D eigenvalue weighted by atomic mass is 10.0. The molecule has 8 heteroatoms. The SMILES string of the molecule is Cc1cccc(=O)n1CCC(=O)NCC[C@H]1CCCCN1S(C)(=O)=O. The van der Waals surface area contributed by atoms with E-state index < -0.39 is 10.0 Å². The van der Waals surface area contributed by atoms with Crippen LogP contribution in [0.2, 0.25) is 0 Å². The first-order valence-electron chi connectivity index (χ1n) is 8.69. The average molecular weight is 369 g/mol. The molecular weight excluding hydrogens is 342 g/mol. The predicted molar refractivity (Wildman–Crippen MR) is 96.9 cm³/mol. The maximum absolute atomic E-state index is 12.0. The fraction of sp³-hybridized carbons (Fsp3) is 0.647. The van der Waals surface area contributed by atoms with Crippen LogP contribution in [0.3, 0.4) is 0 Å². The molecule has 0 saturated carbocycles. The third-order valence-corrected chi connectivity index (χ3v) is 5.96. The van der Waals surface area contributed by atoms with Crippen LogP contribution in [0.4, 0.5) is 0 Å². The zero-order valence-corrected chi connectivity index (χ0v) is 15.7. The van der Waals surface area contributed by atoms with Crippen LogP contribution < -0.4 is 10.9 Å². The Morgan fingerprint density at radius 2 is 2.08 bits per heavy atom. The fourth-order valence-electron chi connectivity index (χ4n) is 3.29. The van der Waals surface area contributed by atoms with Gasteiger partial charge in [-0.2, -0.15) is 4.31 Å². The number of aryl methyl sites for hydroxylation is 1. The zero-order valence-electron chi connectivity index (χ0n) is 14.9. The molecule has 0 unspecified atom stereocenters. The number of hydrogen-bond acceptors (Lipinski definition) is 4. The van der Waals surface area contributed by atoms with Crippen molar-refractivity contribution >= 4 is 15.9 Å². The Balaban J connectivity index is 1.79. The van der Waals surface area contributed by atoms with Crippen LogP contribution in [0.15, 0.2) is 23.0 Å². The Hall–Kier alpha value is -1.67. The second-order valence-corrected chi connectivity index (χ2v) is 8.50. The van der Waals surface area contributed by atoms with E-state index in [9.17, 15) is 18.0 Å². The summed E-state index contributed by atoms with van der Waals surface area (Å²) in [6, 6.07) is 4.98. The lowest BCUT2D eigenvalue weighted by molar-refractivity contribution is -0.121. The number of rotatable bonds is 7. The van der Waals surface area contributed by atoms with Crippen LogP contribution in [0.25, 0.3) is 0 Å². The molecule has 1 N–H and O–H groups in total. The van der Waals surface area contributed by atoms with Crippen molar-refractivity contribution in [3.8, 4) is 0 Å². The van der Waals surface area contributed by atoms with E-state index in [2.05, 4.69) is 5.32 Å². The van der Waals surface area contributed by atoms with Gasteiger partial charge in [-0.15, -0.1) is 0 Å². The number of carbonyl (C=O) groups excluding carboxylic acids is 1. The predicted octanol–water partition coefficient (Wildman–Crippen LogP) is 0.867. The van der Waals surface area contributed by atoms with Gasteiger partial charge in [0.05, 0.1) is 6.26 Å². The summed E-state index contributed by atoms with van der Waals surface area (Å²) in [6.07, 6.45) is 4.82. The van der Waals surface area contributed by atoms with Gasteiger partial charge < -0.3 is 9.88 Å². The van der Waals surface area contributed by atoms with E-state index in [1.807, 2.05) is 13.0 Å². The second kappa shape index (κ2) is 8.62.